The second-order valence-electron chi connectivity index (χ2n) is 10.5. The number of nitrogens with one attached hydrogen (secondary N) is 4. The first-order chi connectivity index (χ1) is 20.6. The summed E-state index contributed by atoms with van der Waals surface area (Å²) in [5.41, 5.74) is 6.82. The second-order valence-corrected chi connectivity index (χ2v) is 10.5. The van der Waals surface area contributed by atoms with Crippen molar-refractivity contribution in [3.63, 3.8) is 0 Å². The smallest absolute Gasteiger partial charge is 0.244 e. The van der Waals surface area contributed by atoms with Gasteiger partial charge in [-0.15, -0.1) is 0 Å². The molecule has 0 radical (unpaired) electrons. The van der Waals surface area contributed by atoms with E-state index in [1.807, 2.05) is 19.1 Å². The van der Waals surface area contributed by atoms with Crippen LogP contribution in [0.2, 0.25) is 0 Å². The molecule has 2 amide bonds. The molecule has 234 valence electrons. The van der Waals surface area contributed by atoms with Crippen LogP contribution >= 0.6 is 0 Å². The number of ether oxygens (including phenoxy) is 2. The Morgan fingerprint density at radius 2 is 1.84 bits per heavy atom. The largest absolute Gasteiger partial charge is 0.508 e. The standard InChI is InChI=1S/C31H44N6O6/c1-4-43-27-14-11-23(18-28(27)42-3)37(20(2)29(40)34-15-6-16-35-31(32)33)30(41)25-17-22(19-36-25)26(39)8-5-7-21-9-12-24(38)13-10-21/h9-14,18,20,22,25,36,38H,4-8,15-17,19H2,1-3H3,(H,34,40)(H4,32,33,35)/t20-,22?,25-/m0/s1. The van der Waals surface area contributed by atoms with Crippen molar-refractivity contribution in [1.82, 2.24) is 16.0 Å². The van der Waals surface area contributed by atoms with E-state index >= 15 is 0 Å². The molecule has 12 heteroatoms. The summed E-state index contributed by atoms with van der Waals surface area (Å²) in [4.78, 5) is 41.6. The number of rotatable bonds is 16. The van der Waals surface area contributed by atoms with E-state index in [2.05, 4.69) is 16.0 Å². The molecule has 0 saturated carbocycles. The lowest BCUT2D eigenvalue weighted by molar-refractivity contribution is -0.127. The first-order valence-electron chi connectivity index (χ1n) is 14.7. The van der Waals surface area contributed by atoms with Gasteiger partial charge in [0.15, 0.2) is 17.5 Å². The predicted molar refractivity (Wildman–Crippen MR) is 165 cm³/mol. The summed E-state index contributed by atoms with van der Waals surface area (Å²) in [5.74, 6) is 0.159. The third kappa shape index (κ3) is 9.60. The molecular weight excluding hydrogens is 552 g/mol. The Kier molecular flexibility index (Phi) is 12.6. The van der Waals surface area contributed by atoms with Crippen LogP contribution in [0, 0.1) is 11.3 Å². The summed E-state index contributed by atoms with van der Waals surface area (Å²) >= 11 is 0. The third-order valence-corrected chi connectivity index (χ3v) is 7.41. The lowest BCUT2D eigenvalue weighted by atomic mass is 9.95. The van der Waals surface area contributed by atoms with Gasteiger partial charge < -0.3 is 36.3 Å². The molecule has 3 atom stereocenters. The Morgan fingerprint density at radius 1 is 1.12 bits per heavy atom. The molecule has 43 heavy (non-hydrogen) atoms. The molecule has 0 aliphatic carbocycles. The number of methoxy groups -OCH3 is 1. The molecule has 2 aromatic carbocycles. The van der Waals surface area contributed by atoms with Crippen LogP contribution in [-0.4, -0.2) is 74.1 Å². The number of phenolic OH excluding ortho intramolecular Hbond substituents is 1. The van der Waals surface area contributed by atoms with Crippen molar-refractivity contribution in [1.29, 1.82) is 5.41 Å². The first kappa shape index (κ1) is 33.2. The Bertz CT molecular complexity index is 1250. The molecule has 0 aromatic heterocycles. The van der Waals surface area contributed by atoms with E-state index in [1.165, 1.54) is 12.0 Å². The van der Waals surface area contributed by atoms with E-state index in [0.29, 0.717) is 69.1 Å². The van der Waals surface area contributed by atoms with Gasteiger partial charge in [-0.3, -0.25) is 24.7 Å². The molecule has 1 fully saturated rings. The van der Waals surface area contributed by atoms with Crippen molar-refractivity contribution >= 4 is 29.2 Å². The van der Waals surface area contributed by atoms with E-state index < -0.39 is 12.1 Å². The number of hydrogen-bond acceptors (Lipinski definition) is 8. The minimum atomic E-state index is -0.863. The number of phenols is 1. The van der Waals surface area contributed by atoms with E-state index in [4.69, 9.17) is 20.6 Å². The summed E-state index contributed by atoms with van der Waals surface area (Å²) in [6.45, 7) is 5.10. The second kappa shape index (κ2) is 16.4. The Hall–Kier alpha value is -4.32. The van der Waals surface area contributed by atoms with Crippen LogP contribution in [-0.2, 0) is 20.8 Å². The highest BCUT2D eigenvalue weighted by Gasteiger charge is 2.38. The number of guanidine groups is 1. The number of carbonyl (C=O) groups excluding carboxylic acids is 3. The number of nitrogens with two attached hydrogens (primary N) is 1. The fraction of sp³-hybridized carbons (Fsp3) is 0.484. The van der Waals surface area contributed by atoms with Gasteiger partial charge in [0, 0.05) is 43.7 Å². The highest BCUT2D eigenvalue weighted by molar-refractivity contribution is 6.04. The SMILES string of the molecule is CCOc1ccc(N(C(=O)[C@@H]2CC(C(=O)CCCc3ccc(O)cc3)CN2)[C@@H](C)C(=O)NCCCNC(=N)N)cc1OC. The molecule has 1 unspecified atom stereocenters. The molecule has 0 spiro atoms. The van der Waals surface area contributed by atoms with Gasteiger partial charge in [-0.25, -0.2) is 0 Å². The number of hydrogen-bond donors (Lipinski definition) is 6. The summed E-state index contributed by atoms with van der Waals surface area (Å²) in [6.07, 6.45) is 2.68. The number of benzene rings is 2. The van der Waals surface area contributed by atoms with Gasteiger partial charge in [0.05, 0.1) is 19.8 Å². The van der Waals surface area contributed by atoms with Crippen LogP contribution < -0.4 is 36.1 Å². The Labute approximate surface area is 252 Å². The van der Waals surface area contributed by atoms with E-state index in [0.717, 1.165) is 12.0 Å². The molecule has 7 N–H and O–H groups in total. The third-order valence-electron chi connectivity index (χ3n) is 7.41. The van der Waals surface area contributed by atoms with Gasteiger partial charge in [0.2, 0.25) is 11.8 Å². The number of carbonyl (C=O) groups is 3. The van der Waals surface area contributed by atoms with Gasteiger partial charge in [-0.2, -0.15) is 0 Å². The van der Waals surface area contributed by atoms with Crippen LogP contribution in [0.3, 0.4) is 0 Å². The van der Waals surface area contributed by atoms with Gasteiger partial charge in [-0.05, 0) is 69.4 Å². The number of Topliss-reactive ketones (excluding diaryl/α,β-unsaturated/α-hetero) is 1. The molecular formula is C31H44N6O6. The molecule has 2 aromatic rings. The van der Waals surface area contributed by atoms with Gasteiger partial charge in [0.1, 0.15) is 17.6 Å². The monoisotopic (exact) mass is 596 g/mol. The fourth-order valence-corrected chi connectivity index (χ4v) is 5.08. The lowest BCUT2D eigenvalue weighted by Gasteiger charge is -2.31. The van der Waals surface area contributed by atoms with Crippen molar-refractivity contribution in [2.45, 2.75) is 58.0 Å². The number of nitrogens with zero attached hydrogens (tertiary/aromatic N) is 1. The normalized spacial score (nSPS) is 16.6. The maximum Gasteiger partial charge on any atom is 0.244 e. The highest BCUT2D eigenvalue weighted by Crippen LogP contribution is 2.33. The summed E-state index contributed by atoms with van der Waals surface area (Å²) in [5, 5.41) is 25.4. The van der Waals surface area contributed by atoms with E-state index in [1.54, 1.807) is 37.3 Å². The van der Waals surface area contributed by atoms with Crippen LogP contribution in [0.15, 0.2) is 42.5 Å². The van der Waals surface area contributed by atoms with Crippen molar-refractivity contribution in [2.24, 2.45) is 11.7 Å². The molecule has 1 aliphatic heterocycles. The average molecular weight is 597 g/mol. The van der Waals surface area contributed by atoms with E-state index in [-0.39, 0.29) is 35.2 Å². The maximum absolute atomic E-state index is 14.0. The molecule has 1 saturated heterocycles. The Morgan fingerprint density at radius 3 is 2.51 bits per heavy atom. The summed E-state index contributed by atoms with van der Waals surface area (Å²) in [7, 11) is 1.51. The highest BCUT2D eigenvalue weighted by atomic mass is 16.5. The van der Waals surface area contributed by atoms with Crippen LogP contribution in [0.25, 0.3) is 0 Å². The molecule has 0 bridgehead atoms. The minimum Gasteiger partial charge on any atom is -0.508 e. The van der Waals surface area contributed by atoms with Crippen LogP contribution in [0.5, 0.6) is 17.2 Å². The van der Waals surface area contributed by atoms with Crippen molar-refractivity contribution in [2.75, 3.05) is 38.3 Å². The Balaban J connectivity index is 1.69. The fourth-order valence-electron chi connectivity index (χ4n) is 5.08. The van der Waals surface area contributed by atoms with Gasteiger partial charge in [0.25, 0.3) is 0 Å². The molecule has 1 heterocycles. The zero-order chi connectivity index (χ0) is 31.4. The van der Waals surface area contributed by atoms with Crippen LogP contribution in [0.4, 0.5) is 5.69 Å². The lowest BCUT2D eigenvalue weighted by Crippen LogP contribution is -2.53. The first-order valence-corrected chi connectivity index (χ1v) is 14.7. The maximum atomic E-state index is 14.0. The van der Waals surface area contributed by atoms with Crippen molar-refractivity contribution in [3.8, 4) is 17.2 Å². The quantitative estimate of drug-likeness (QED) is 0.0961. The molecule has 12 nitrogen and oxygen atoms in total. The zero-order valence-corrected chi connectivity index (χ0v) is 25.2. The topological polar surface area (TPSA) is 179 Å². The average Bonchev–Trinajstić information content (AvgIpc) is 3.49. The predicted octanol–water partition coefficient (Wildman–Crippen LogP) is 2.08. The molecule has 3 rings (SSSR count). The van der Waals surface area contributed by atoms with Gasteiger partial charge >= 0.3 is 0 Å². The zero-order valence-electron chi connectivity index (χ0n) is 25.2. The van der Waals surface area contributed by atoms with Gasteiger partial charge in [-0.1, -0.05) is 12.1 Å². The number of aromatic hydroxyl groups is 1. The number of anilines is 1. The molecule has 1 aliphatic rings. The number of amides is 2. The van der Waals surface area contributed by atoms with E-state index in [9.17, 15) is 19.5 Å². The van der Waals surface area contributed by atoms with Crippen LogP contribution in [0.1, 0.15) is 45.1 Å². The number of aryl methyl sites for hydroxylation is 1. The summed E-state index contributed by atoms with van der Waals surface area (Å²) < 4.78 is 11.1. The minimum absolute atomic E-state index is 0.0980. The summed E-state index contributed by atoms with van der Waals surface area (Å²) in [6, 6.07) is 10.5. The van der Waals surface area contributed by atoms with Crippen molar-refractivity contribution < 1.29 is 29.0 Å². The number of ketones is 1. The van der Waals surface area contributed by atoms with Crippen molar-refractivity contribution in [3.05, 3.63) is 48.0 Å².